The fraction of sp³-hybridized carbons (Fsp3) is 0.409. The molecule has 2 saturated heterocycles. The van der Waals surface area contributed by atoms with Crippen molar-refractivity contribution in [3.63, 3.8) is 0 Å². The first-order chi connectivity index (χ1) is 14.5. The van der Waals surface area contributed by atoms with Crippen molar-refractivity contribution in [2.24, 2.45) is 0 Å². The normalized spacial score (nSPS) is 19.2. The maximum atomic E-state index is 13.2. The second kappa shape index (κ2) is 8.37. The summed E-state index contributed by atoms with van der Waals surface area (Å²) in [5, 5.41) is 0. The molecule has 7 nitrogen and oxygen atoms in total. The van der Waals surface area contributed by atoms with Crippen molar-refractivity contribution >= 4 is 15.9 Å². The topological polar surface area (TPSA) is 76.2 Å². The summed E-state index contributed by atoms with van der Waals surface area (Å²) in [5.74, 6) is 0.663. The summed E-state index contributed by atoms with van der Waals surface area (Å²) >= 11 is 0. The lowest BCUT2D eigenvalue weighted by Gasteiger charge is -2.42. The molecule has 0 N–H and O–H groups in total. The van der Waals surface area contributed by atoms with E-state index in [4.69, 9.17) is 9.47 Å². The molecule has 160 valence electrons. The number of hydrogen-bond acceptors (Lipinski definition) is 5. The first kappa shape index (κ1) is 20.8. The van der Waals surface area contributed by atoms with Gasteiger partial charge in [0.05, 0.1) is 18.1 Å². The van der Waals surface area contributed by atoms with Gasteiger partial charge in [-0.15, -0.1) is 0 Å². The van der Waals surface area contributed by atoms with Gasteiger partial charge < -0.3 is 14.4 Å². The summed E-state index contributed by atoms with van der Waals surface area (Å²) in [6.45, 7) is 4.04. The average Bonchev–Trinajstić information content (AvgIpc) is 3.19. The summed E-state index contributed by atoms with van der Waals surface area (Å²) < 4.78 is 39.2. The van der Waals surface area contributed by atoms with Gasteiger partial charge in [-0.1, -0.05) is 18.2 Å². The van der Waals surface area contributed by atoms with E-state index in [1.54, 1.807) is 59.5 Å². The zero-order chi connectivity index (χ0) is 21.2. The van der Waals surface area contributed by atoms with Crippen LogP contribution in [0.2, 0.25) is 0 Å². The third kappa shape index (κ3) is 3.82. The monoisotopic (exact) mass is 430 g/mol. The first-order valence-corrected chi connectivity index (χ1v) is 11.6. The van der Waals surface area contributed by atoms with Crippen LogP contribution in [0.3, 0.4) is 0 Å². The molecule has 0 bridgehead atoms. The number of amides is 1. The maximum absolute atomic E-state index is 13.2. The van der Waals surface area contributed by atoms with Gasteiger partial charge in [0.2, 0.25) is 10.0 Å². The Balaban J connectivity index is 1.47. The summed E-state index contributed by atoms with van der Waals surface area (Å²) in [6.07, 6.45) is 0.893. The molecule has 0 atom stereocenters. The Hall–Kier alpha value is -2.42. The molecule has 0 aliphatic carbocycles. The molecule has 8 heteroatoms. The quantitative estimate of drug-likeness (QED) is 0.729. The van der Waals surface area contributed by atoms with E-state index in [-0.39, 0.29) is 10.8 Å². The van der Waals surface area contributed by atoms with Crippen LogP contribution in [0, 0.1) is 0 Å². The molecule has 4 rings (SSSR count). The van der Waals surface area contributed by atoms with Crippen molar-refractivity contribution in [1.29, 1.82) is 0 Å². The van der Waals surface area contributed by atoms with Crippen molar-refractivity contribution in [1.82, 2.24) is 9.21 Å². The molecule has 2 aliphatic heterocycles. The Morgan fingerprint density at radius 1 is 1.03 bits per heavy atom. The van der Waals surface area contributed by atoms with Crippen LogP contribution in [0.5, 0.6) is 5.75 Å². The van der Waals surface area contributed by atoms with Gasteiger partial charge in [-0.3, -0.25) is 4.79 Å². The van der Waals surface area contributed by atoms with Crippen molar-refractivity contribution < 1.29 is 22.7 Å². The van der Waals surface area contributed by atoms with E-state index < -0.39 is 15.7 Å². The molecule has 0 saturated carbocycles. The van der Waals surface area contributed by atoms with Gasteiger partial charge in [0.25, 0.3) is 5.91 Å². The standard InChI is InChI=1S/C22H26N2O5S/c1-2-28-19-10-8-18(9-11-19)21(25)23-14-12-22(13-15-23)24(16-17-29-22)30(26,27)20-6-4-3-5-7-20/h3-11H,2,12-17H2,1H3. The highest BCUT2D eigenvalue weighted by Gasteiger charge is 2.50. The smallest absolute Gasteiger partial charge is 0.253 e. The number of ether oxygens (including phenoxy) is 2. The van der Waals surface area contributed by atoms with Crippen molar-refractivity contribution in [2.45, 2.75) is 30.4 Å². The van der Waals surface area contributed by atoms with E-state index in [1.165, 1.54) is 4.31 Å². The minimum Gasteiger partial charge on any atom is -0.494 e. The Morgan fingerprint density at radius 3 is 2.33 bits per heavy atom. The van der Waals surface area contributed by atoms with Crippen LogP contribution in [-0.2, 0) is 14.8 Å². The molecular weight excluding hydrogens is 404 g/mol. The lowest BCUT2D eigenvalue weighted by atomic mass is 10.00. The molecule has 0 radical (unpaired) electrons. The number of nitrogens with zero attached hydrogens (tertiary/aromatic N) is 2. The molecule has 2 fully saturated rings. The van der Waals surface area contributed by atoms with E-state index in [1.807, 2.05) is 6.92 Å². The minimum atomic E-state index is -3.66. The number of piperidine rings is 1. The molecule has 2 aliphatic rings. The second-order valence-electron chi connectivity index (χ2n) is 7.43. The number of carbonyl (C=O) groups excluding carboxylic acids is 1. The highest BCUT2D eigenvalue weighted by Crippen LogP contribution is 2.38. The highest BCUT2D eigenvalue weighted by atomic mass is 32.2. The van der Waals surface area contributed by atoms with Gasteiger partial charge in [0, 0.05) is 38.0 Å². The van der Waals surface area contributed by atoms with Crippen molar-refractivity contribution in [2.75, 3.05) is 32.8 Å². The predicted octanol–water partition coefficient (Wildman–Crippen LogP) is 2.74. The number of benzene rings is 2. The third-order valence-corrected chi connectivity index (χ3v) is 7.66. The number of likely N-dealkylation sites (tertiary alicyclic amines) is 1. The highest BCUT2D eigenvalue weighted by molar-refractivity contribution is 7.89. The fourth-order valence-electron chi connectivity index (χ4n) is 4.15. The number of sulfonamides is 1. The van der Waals surface area contributed by atoms with Gasteiger partial charge >= 0.3 is 0 Å². The lowest BCUT2D eigenvalue weighted by molar-refractivity contribution is -0.0857. The van der Waals surface area contributed by atoms with E-state index >= 15 is 0 Å². The van der Waals surface area contributed by atoms with E-state index in [2.05, 4.69) is 0 Å². The minimum absolute atomic E-state index is 0.0663. The van der Waals surface area contributed by atoms with Gasteiger partial charge in [-0.25, -0.2) is 8.42 Å². The van der Waals surface area contributed by atoms with Crippen LogP contribution >= 0.6 is 0 Å². The lowest BCUT2D eigenvalue weighted by Crippen LogP contribution is -2.55. The first-order valence-electron chi connectivity index (χ1n) is 10.2. The van der Waals surface area contributed by atoms with E-state index in [0.717, 1.165) is 5.75 Å². The van der Waals surface area contributed by atoms with Gasteiger partial charge in [0.15, 0.2) is 0 Å². The summed E-state index contributed by atoms with van der Waals surface area (Å²) in [6, 6.07) is 15.5. The van der Waals surface area contributed by atoms with Crippen molar-refractivity contribution in [3.8, 4) is 5.75 Å². The molecule has 2 aromatic carbocycles. The van der Waals surface area contributed by atoms with Crippen LogP contribution in [-0.4, -0.2) is 62.1 Å². The largest absolute Gasteiger partial charge is 0.494 e. The molecule has 1 spiro atoms. The van der Waals surface area contributed by atoms with E-state index in [0.29, 0.717) is 51.3 Å². The molecule has 0 unspecified atom stereocenters. The molecule has 1 amide bonds. The van der Waals surface area contributed by atoms with E-state index in [9.17, 15) is 13.2 Å². The van der Waals surface area contributed by atoms with Crippen molar-refractivity contribution in [3.05, 3.63) is 60.2 Å². The zero-order valence-corrected chi connectivity index (χ0v) is 17.8. The number of hydrogen-bond donors (Lipinski definition) is 0. The SMILES string of the molecule is CCOc1ccc(C(=O)N2CCC3(CC2)OCCN3S(=O)(=O)c2ccccc2)cc1. The summed E-state index contributed by atoms with van der Waals surface area (Å²) in [5.41, 5.74) is -0.292. The summed E-state index contributed by atoms with van der Waals surface area (Å²) in [4.78, 5) is 14.9. The maximum Gasteiger partial charge on any atom is 0.253 e. The Labute approximate surface area is 177 Å². The molecular formula is C22H26N2O5S. The van der Waals surface area contributed by atoms with Crippen LogP contribution in [0.4, 0.5) is 0 Å². The predicted molar refractivity (Wildman–Crippen MR) is 112 cm³/mol. The molecule has 0 aromatic heterocycles. The second-order valence-corrected chi connectivity index (χ2v) is 9.30. The van der Waals surface area contributed by atoms with Gasteiger partial charge in [-0.2, -0.15) is 4.31 Å². The Morgan fingerprint density at radius 2 is 1.70 bits per heavy atom. The number of carbonyl (C=O) groups is 1. The van der Waals surface area contributed by atoms with Gasteiger partial charge in [-0.05, 0) is 43.3 Å². The third-order valence-electron chi connectivity index (χ3n) is 5.70. The fourth-order valence-corrected chi connectivity index (χ4v) is 5.89. The van der Waals surface area contributed by atoms with Crippen LogP contribution < -0.4 is 4.74 Å². The van der Waals surface area contributed by atoms with Crippen LogP contribution in [0.15, 0.2) is 59.5 Å². The van der Waals surface area contributed by atoms with Gasteiger partial charge in [0.1, 0.15) is 11.5 Å². The van der Waals surface area contributed by atoms with Crippen LogP contribution in [0.25, 0.3) is 0 Å². The Kier molecular flexibility index (Phi) is 5.81. The van der Waals surface area contributed by atoms with Crippen LogP contribution in [0.1, 0.15) is 30.1 Å². The number of rotatable bonds is 5. The zero-order valence-electron chi connectivity index (χ0n) is 17.0. The average molecular weight is 431 g/mol. The molecule has 2 heterocycles. The Bertz CT molecular complexity index is 984. The molecule has 30 heavy (non-hydrogen) atoms. The summed E-state index contributed by atoms with van der Waals surface area (Å²) in [7, 11) is -3.66. The molecule has 2 aromatic rings.